The summed E-state index contributed by atoms with van der Waals surface area (Å²) in [7, 11) is 0. The van der Waals surface area contributed by atoms with Gasteiger partial charge in [-0.1, -0.05) is 13.8 Å². The normalized spacial score (nSPS) is 30.9. The summed E-state index contributed by atoms with van der Waals surface area (Å²) in [5.41, 5.74) is 7.80. The lowest BCUT2D eigenvalue weighted by atomic mass is 9.71. The van der Waals surface area contributed by atoms with Crippen molar-refractivity contribution < 1.29 is 0 Å². The molecule has 16 heavy (non-hydrogen) atoms. The van der Waals surface area contributed by atoms with Gasteiger partial charge in [0.25, 0.3) is 0 Å². The van der Waals surface area contributed by atoms with Gasteiger partial charge in [-0.25, -0.2) is 0 Å². The molecular weight excluding hydrogens is 282 g/mol. The molecule has 90 valence electrons. The number of hydrogen-bond donors (Lipinski definition) is 1. The molecule has 2 rings (SSSR count). The van der Waals surface area contributed by atoms with Crippen LogP contribution in [-0.4, -0.2) is 0 Å². The highest BCUT2D eigenvalue weighted by molar-refractivity contribution is 9.10. The molecule has 1 aliphatic carbocycles. The van der Waals surface area contributed by atoms with Gasteiger partial charge in [0.15, 0.2) is 0 Å². The maximum atomic E-state index is 6.56. The Hall–Kier alpha value is 0.140. The fourth-order valence-corrected chi connectivity index (χ4v) is 4.52. The highest BCUT2D eigenvalue weighted by atomic mass is 79.9. The third-order valence-electron chi connectivity index (χ3n) is 4.02. The highest BCUT2D eigenvalue weighted by Gasteiger charge is 2.35. The lowest BCUT2D eigenvalue weighted by Gasteiger charge is -2.38. The van der Waals surface area contributed by atoms with Crippen molar-refractivity contribution in [3.05, 3.63) is 20.8 Å². The van der Waals surface area contributed by atoms with Crippen LogP contribution in [0.3, 0.4) is 0 Å². The molecule has 0 unspecified atom stereocenters. The van der Waals surface area contributed by atoms with Gasteiger partial charge in [-0.15, -0.1) is 0 Å². The smallest absolute Gasteiger partial charge is 0.0429 e. The van der Waals surface area contributed by atoms with Crippen LogP contribution in [-0.2, 0) is 5.54 Å². The summed E-state index contributed by atoms with van der Waals surface area (Å²) in [5, 5.41) is 4.35. The molecule has 0 spiro atoms. The predicted molar refractivity (Wildman–Crippen MR) is 74.7 cm³/mol. The Morgan fingerprint density at radius 2 is 2.00 bits per heavy atom. The van der Waals surface area contributed by atoms with Gasteiger partial charge < -0.3 is 5.73 Å². The fraction of sp³-hybridized carbons (Fsp3) is 0.692. The van der Waals surface area contributed by atoms with Crippen molar-refractivity contribution in [2.75, 3.05) is 0 Å². The highest BCUT2D eigenvalue weighted by Crippen LogP contribution is 2.43. The summed E-state index contributed by atoms with van der Waals surface area (Å²) in [6.45, 7) is 4.66. The molecule has 0 atom stereocenters. The van der Waals surface area contributed by atoms with Crippen LogP contribution in [0.5, 0.6) is 0 Å². The molecule has 1 aromatic heterocycles. The second-order valence-corrected chi connectivity index (χ2v) is 6.97. The zero-order valence-electron chi connectivity index (χ0n) is 10.0. The Balaban J connectivity index is 2.10. The van der Waals surface area contributed by atoms with Gasteiger partial charge in [0.1, 0.15) is 0 Å². The Kier molecular flexibility index (Phi) is 3.77. The summed E-state index contributed by atoms with van der Waals surface area (Å²) in [4.78, 5) is 0. The van der Waals surface area contributed by atoms with E-state index < -0.39 is 0 Å². The van der Waals surface area contributed by atoms with Crippen molar-refractivity contribution in [1.29, 1.82) is 0 Å². The first-order chi connectivity index (χ1) is 7.53. The van der Waals surface area contributed by atoms with Gasteiger partial charge in [0.05, 0.1) is 0 Å². The van der Waals surface area contributed by atoms with E-state index in [1.807, 2.05) is 0 Å². The van der Waals surface area contributed by atoms with Crippen LogP contribution in [0, 0.1) is 11.8 Å². The predicted octanol–water partition coefficient (Wildman–Crippen LogP) is 4.51. The minimum Gasteiger partial charge on any atom is -0.321 e. The van der Waals surface area contributed by atoms with E-state index in [1.54, 1.807) is 11.3 Å². The van der Waals surface area contributed by atoms with Crippen LogP contribution in [0.1, 0.15) is 45.1 Å². The molecule has 0 aromatic carbocycles. The third kappa shape index (κ3) is 2.36. The van der Waals surface area contributed by atoms with Crippen molar-refractivity contribution in [3.63, 3.8) is 0 Å². The average molecular weight is 302 g/mol. The zero-order valence-corrected chi connectivity index (χ0v) is 12.4. The first-order valence-corrected chi connectivity index (χ1v) is 7.77. The summed E-state index contributed by atoms with van der Waals surface area (Å²) in [5.74, 6) is 1.67. The minimum atomic E-state index is -0.0791. The average Bonchev–Trinajstić information content (AvgIpc) is 2.66. The Bertz CT molecular complexity index is 351. The van der Waals surface area contributed by atoms with E-state index in [9.17, 15) is 0 Å². The SMILES string of the molecule is CC(C)C1CCC(N)(c2cscc2Br)CC1. The molecule has 1 saturated carbocycles. The van der Waals surface area contributed by atoms with Crippen molar-refractivity contribution >= 4 is 27.3 Å². The Labute approximate surface area is 111 Å². The van der Waals surface area contributed by atoms with Crippen LogP contribution < -0.4 is 5.73 Å². The maximum absolute atomic E-state index is 6.56. The van der Waals surface area contributed by atoms with Crippen molar-refractivity contribution in [2.45, 2.75) is 45.1 Å². The molecule has 0 aliphatic heterocycles. The van der Waals surface area contributed by atoms with Gasteiger partial charge in [-0.05, 0) is 64.4 Å². The molecule has 3 heteroatoms. The van der Waals surface area contributed by atoms with Crippen LogP contribution in [0.25, 0.3) is 0 Å². The second kappa shape index (κ2) is 4.79. The molecule has 1 aliphatic rings. The minimum absolute atomic E-state index is 0.0791. The number of thiophene rings is 1. The largest absolute Gasteiger partial charge is 0.321 e. The van der Waals surface area contributed by atoms with E-state index in [0.29, 0.717) is 0 Å². The number of halogens is 1. The topological polar surface area (TPSA) is 26.0 Å². The molecule has 1 nitrogen and oxygen atoms in total. The van der Waals surface area contributed by atoms with E-state index in [-0.39, 0.29) is 5.54 Å². The molecule has 0 saturated heterocycles. The van der Waals surface area contributed by atoms with Crippen molar-refractivity contribution in [3.8, 4) is 0 Å². The number of hydrogen-bond acceptors (Lipinski definition) is 2. The molecule has 0 bridgehead atoms. The van der Waals surface area contributed by atoms with Crippen LogP contribution in [0.4, 0.5) is 0 Å². The molecule has 0 amide bonds. The van der Waals surface area contributed by atoms with E-state index in [0.717, 1.165) is 24.7 Å². The van der Waals surface area contributed by atoms with Crippen molar-refractivity contribution in [2.24, 2.45) is 17.6 Å². The first kappa shape index (κ1) is 12.6. The molecule has 1 fully saturated rings. The van der Waals surface area contributed by atoms with Crippen LogP contribution in [0.15, 0.2) is 15.2 Å². The van der Waals surface area contributed by atoms with Gasteiger partial charge in [-0.2, -0.15) is 11.3 Å². The second-order valence-electron chi connectivity index (χ2n) is 5.37. The monoisotopic (exact) mass is 301 g/mol. The first-order valence-electron chi connectivity index (χ1n) is 6.04. The fourth-order valence-electron chi connectivity index (χ4n) is 2.73. The van der Waals surface area contributed by atoms with E-state index in [2.05, 4.69) is 40.5 Å². The maximum Gasteiger partial charge on any atom is 0.0429 e. The molecular formula is C13H20BrNS. The zero-order chi connectivity index (χ0) is 11.8. The molecule has 2 N–H and O–H groups in total. The number of rotatable bonds is 2. The van der Waals surface area contributed by atoms with E-state index in [4.69, 9.17) is 5.73 Å². The number of nitrogens with two attached hydrogens (primary N) is 1. The van der Waals surface area contributed by atoms with Crippen molar-refractivity contribution in [1.82, 2.24) is 0 Å². The van der Waals surface area contributed by atoms with E-state index in [1.165, 1.54) is 22.9 Å². The quantitative estimate of drug-likeness (QED) is 0.854. The Morgan fingerprint density at radius 3 is 2.44 bits per heavy atom. The summed E-state index contributed by atoms with van der Waals surface area (Å²) in [6.07, 6.45) is 4.81. The lowest BCUT2D eigenvalue weighted by molar-refractivity contribution is 0.196. The summed E-state index contributed by atoms with van der Waals surface area (Å²) < 4.78 is 1.20. The molecule has 0 radical (unpaired) electrons. The molecule has 1 heterocycles. The standard InChI is InChI=1S/C13H20BrNS/c1-9(2)10-3-5-13(15,6-4-10)11-7-16-8-12(11)14/h7-10H,3-6,15H2,1-2H3. The molecule has 1 aromatic rings. The van der Waals surface area contributed by atoms with Gasteiger partial charge in [0, 0.05) is 15.4 Å². The van der Waals surface area contributed by atoms with E-state index >= 15 is 0 Å². The van der Waals surface area contributed by atoms with Crippen LogP contribution >= 0.6 is 27.3 Å². The third-order valence-corrected chi connectivity index (χ3v) is 5.72. The summed E-state index contributed by atoms with van der Waals surface area (Å²) in [6, 6.07) is 0. The van der Waals surface area contributed by atoms with Crippen LogP contribution in [0.2, 0.25) is 0 Å². The Morgan fingerprint density at radius 1 is 1.38 bits per heavy atom. The van der Waals surface area contributed by atoms with Gasteiger partial charge in [-0.3, -0.25) is 0 Å². The van der Waals surface area contributed by atoms with Gasteiger partial charge in [0.2, 0.25) is 0 Å². The summed E-state index contributed by atoms with van der Waals surface area (Å²) >= 11 is 5.35. The lowest BCUT2D eigenvalue weighted by Crippen LogP contribution is -2.41. The van der Waals surface area contributed by atoms with Gasteiger partial charge >= 0.3 is 0 Å².